The fourth-order valence-electron chi connectivity index (χ4n) is 4.20. The summed E-state index contributed by atoms with van der Waals surface area (Å²) in [5.41, 5.74) is 4.23. The van der Waals surface area contributed by atoms with E-state index in [1.54, 1.807) is 16.9 Å². The minimum atomic E-state index is -0.159. The van der Waals surface area contributed by atoms with Gasteiger partial charge in [0.05, 0.1) is 6.20 Å². The Bertz CT molecular complexity index is 974. The number of rotatable bonds is 4. The Morgan fingerprint density at radius 1 is 1.38 bits per heavy atom. The van der Waals surface area contributed by atoms with Crippen LogP contribution in [0, 0.1) is 12.8 Å². The standard InChI is InChI=1S/C20H20N4O2/c1-12-9-21-24(10-12)11-14-8-17(23-26-14)20(25)22-19-16-7-6-13-4-2-3-5-15(13)18(16)19/h2-5,8-10,16,18-19H,6-7,11H2,1H3,(H,22,25)/t16-,18+,19+/m1/s1. The van der Waals surface area contributed by atoms with Gasteiger partial charge in [0.1, 0.15) is 6.54 Å². The summed E-state index contributed by atoms with van der Waals surface area (Å²) < 4.78 is 7.07. The van der Waals surface area contributed by atoms with Gasteiger partial charge >= 0.3 is 0 Å². The molecule has 26 heavy (non-hydrogen) atoms. The van der Waals surface area contributed by atoms with Crippen LogP contribution in [0.2, 0.25) is 0 Å². The largest absolute Gasteiger partial charge is 0.359 e. The molecule has 0 saturated heterocycles. The average Bonchev–Trinajstić information content (AvgIpc) is 2.95. The number of carbonyl (C=O) groups excluding carboxylic acids is 1. The first-order valence-corrected chi connectivity index (χ1v) is 9.02. The average molecular weight is 348 g/mol. The van der Waals surface area contributed by atoms with Crippen LogP contribution < -0.4 is 5.32 Å². The molecule has 0 radical (unpaired) electrons. The van der Waals surface area contributed by atoms with Crippen molar-refractivity contribution in [1.29, 1.82) is 0 Å². The van der Waals surface area contributed by atoms with Crippen LogP contribution in [0.5, 0.6) is 0 Å². The van der Waals surface area contributed by atoms with Gasteiger partial charge in [0, 0.05) is 24.2 Å². The maximum atomic E-state index is 12.6. The molecule has 1 N–H and O–H groups in total. The number of nitrogens with zero attached hydrogens (tertiary/aromatic N) is 3. The number of nitrogens with one attached hydrogen (secondary N) is 1. The van der Waals surface area contributed by atoms with E-state index in [1.807, 2.05) is 13.1 Å². The van der Waals surface area contributed by atoms with Crippen molar-refractivity contribution in [2.24, 2.45) is 5.92 Å². The predicted molar refractivity (Wildman–Crippen MR) is 94.8 cm³/mol. The molecule has 3 atom stereocenters. The van der Waals surface area contributed by atoms with Gasteiger partial charge in [-0.15, -0.1) is 0 Å². The van der Waals surface area contributed by atoms with Crippen LogP contribution in [0.4, 0.5) is 0 Å². The third-order valence-electron chi connectivity index (χ3n) is 5.50. The van der Waals surface area contributed by atoms with Crippen molar-refractivity contribution in [3.8, 4) is 0 Å². The third kappa shape index (κ3) is 2.62. The SMILES string of the molecule is Cc1cnn(Cc2cc(C(=O)N[C@H]3[C@@H]4CCc5ccccc5[C@@H]43)no2)c1. The number of aromatic nitrogens is 3. The second kappa shape index (κ2) is 5.83. The van der Waals surface area contributed by atoms with Crippen molar-refractivity contribution in [3.63, 3.8) is 0 Å². The molecule has 1 fully saturated rings. The number of fused-ring (bicyclic) bond motifs is 3. The van der Waals surface area contributed by atoms with Crippen molar-refractivity contribution >= 4 is 5.91 Å². The van der Waals surface area contributed by atoms with Crippen LogP contribution in [0.1, 0.15) is 45.3 Å². The van der Waals surface area contributed by atoms with E-state index in [2.05, 4.69) is 39.8 Å². The van der Waals surface area contributed by atoms with Crippen molar-refractivity contribution in [2.45, 2.75) is 38.3 Å². The zero-order valence-electron chi connectivity index (χ0n) is 14.6. The van der Waals surface area contributed by atoms with Crippen LogP contribution in [0.15, 0.2) is 47.2 Å². The van der Waals surface area contributed by atoms with Crippen LogP contribution >= 0.6 is 0 Å². The van der Waals surface area contributed by atoms with E-state index in [0.29, 0.717) is 29.8 Å². The van der Waals surface area contributed by atoms with Crippen LogP contribution in [-0.4, -0.2) is 26.9 Å². The number of hydrogen-bond acceptors (Lipinski definition) is 4. The highest BCUT2D eigenvalue weighted by Crippen LogP contribution is 2.54. The van der Waals surface area contributed by atoms with Crippen molar-refractivity contribution in [1.82, 2.24) is 20.3 Å². The molecule has 2 heterocycles. The second-order valence-electron chi connectivity index (χ2n) is 7.32. The summed E-state index contributed by atoms with van der Waals surface area (Å²) in [6, 6.07) is 10.5. The summed E-state index contributed by atoms with van der Waals surface area (Å²) in [5, 5.41) is 11.3. The second-order valence-corrected chi connectivity index (χ2v) is 7.32. The lowest BCUT2D eigenvalue weighted by molar-refractivity contribution is 0.0939. The number of amides is 1. The van der Waals surface area contributed by atoms with Gasteiger partial charge in [-0.25, -0.2) is 0 Å². The lowest BCUT2D eigenvalue weighted by Crippen LogP contribution is -2.27. The molecule has 5 rings (SSSR count). The molecule has 0 spiro atoms. The number of benzene rings is 1. The van der Waals surface area contributed by atoms with Gasteiger partial charge in [-0.1, -0.05) is 29.4 Å². The normalized spacial score (nSPS) is 23.2. The molecule has 132 valence electrons. The number of hydrogen-bond donors (Lipinski definition) is 1. The Kier molecular flexibility index (Phi) is 3.45. The van der Waals surface area contributed by atoms with E-state index in [9.17, 15) is 4.79 Å². The van der Waals surface area contributed by atoms with Crippen molar-refractivity contribution in [3.05, 3.63) is 70.9 Å². The van der Waals surface area contributed by atoms with E-state index >= 15 is 0 Å². The number of aryl methyl sites for hydroxylation is 2. The highest BCUT2D eigenvalue weighted by Gasteiger charge is 2.53. The Morgan fingerprint density at radius 3 is 3.12 bits per heavy atom. The first-order valence-electron chi connectivity index (χ1n) is 9.02. The molecule has 3 aromatic rings. The lowest BCUT2D eigenvalue weighted by atomic mass is 9.92. The van der Waals surface area contributed by atoms with E-state index in [0.717, 1.165) is 18.4 Å². The van der Waals surface area contributed by atoms with Gasteiger partial charge < -0.3 is 9.84 Å². The molecule has 6 heteroatoms. The smallest absolute Gasteiger partial charge is 0.273 e. The Labute approximate surface area is 151 Å². The quantitative estimate of drug-likeness (QED) is 0.787. The molecule has 1 saturated carbocycles. The zero-order chi connectivity index (χ0) is 17.7. The van der Waals surface area contributed by atoms with Crippen LogP contribution in [-0.2, 0) is 13.0 Å². The molecular formula is C20H20N4O2. The Hall–Kier alpha value is -2.89. The molecule has 1 amide bonds. The molecule has 2 aliphatic rings. The summed E-state index contributed by atoms with van der Waals surface area (Å²) in [5.74, 6) is 1.46. The fraction of sp³-hybridized carbons (Fsp3) is 0.350. The van der Waals surface area contributed by atoms with Gasteiger partial charge in [-0.2, -0.15) is 5.10 Å². The summed E-state index contributed by atoms with van der Waals surface area (Å²) >= 11 is 0. The summed E-state index contributed by atoms with van der Waals surface area (Å²) in [7, 11) is 0. The van der Waals surface area contributed by atoms with E-state index < -0.39 is 0 Å². The molecule has 2 aromatic heterocycles. The maximum absolute atomic E-state index is 12.6. The molecule has 0 unspecified atom stereocenters. The maximum Gasteiger partial charge on any atom is 0.273 e. The number of carbonyl (C=O) groups is 1. The minimum absolute atomic E-state index is 0.159. The highest BCUT2D eigenvalue weighted by molar-refractivity contribution is 5.92. The first-order chi connectivity index (χ1) is 12.7. The first kappa shape index (κ1) is 15.4. The Morgan fingerprint density at radius 2 is 2.27 bits per heavy atom. The molecular weight excluding hydrogens is 328 g/mol. The van der Waals surface area contributed by atoms with E-state index in [1.165, 1.54) is 11.1 Å². The highest BCUT2D eigenvalue weighted by atomic mass is 16.5. The summed E-state index contributed by atoms with van der Waals surface area (Å²) in [6.45, 7) is 2.45. The molecule has 1 aromatic carbocycles. The molecule has 2 aliphatic carbocycles. The summed E-state index contributed by atoms with van der Waals surface area (Å²) in [4.78, 5) is 12.6. The van der Waals surface area contributed by atoms with Gasteiger partial charge in [0.2, 0.25) is 0 Å². The third-order valence-corrected chi connectivity index (χ3v) is 5.50. The van der Waals surface area contributed by atoms with Crippen LogP contribution in [0.3, 0.4) is 0 Å². The van der Waals surface area contributed by atoms with E-state index in [-0.39, 0.29) is 11.9 Å². The van der Waals surface area contributed by atoms with Crippen molar-refractivity contribution in [2.75, 3.05) is 0 Å². The zero-order valence-corrected chi connectivity index (χ0v) is 14.6. The molecule has 0 bridgehead atoms. The molecule has 6 nitrogen and oxygen atoms in total. The van der Waals surface area contributed by atoms with Gasteiger partial charge in [0.15, 0.2) is 11.5 Å². The van der Waals surface area contributed by atoms with Crippen LogP contribution in [0.25, 0.3) is 0 Å². The molecule has 0 aliphatic heterocycles. The minimum Gasteiger partial charge on any atom is -0.359 e. The topological polar surface area (TPSA) is 73.0 Å². The van der Waals surface area contributed by atoms with E-state index in [4.69, 9.17) is 4.52 Å². The van der Waals surface area contributed by atoms with Gasteiger partial charge in [-0.3, -0.25) is 9.48 Å². The fourth-order valence-corrected chi connectivity index (χ4v) is 4.20. The van der Waals surface area contributed by atoms with Crippen molar-refractivity contribution < 1.29 is 9.32 Å². The monoisotopic (exact) mass is 348 g/mol. The van der Waals surface area contributed by atoms with Gasteiger partial charge in [-0.05, 0) is 42.4 Å². The predicted octanol–water partition coefficient (Wildman–Crippen LogP) is 2.69. The lowest BCUT2D eigenvalue weighted by Gasteiger charge is -2.13. The van der Waals surface area contributed by atoms with Gasteiger partial charge in [0.25, 0.3) is 5.91 Å². The Balaban J connectivity index is 1.26. The summed E-state index contributed by atoms with van der Waals surface area (Å²) in [6.07, 6.45) is 5.95.